The maximum atomic E-state index is 13.7. The van der Waals surface area contributed by atoms with Gasteiger partial charge in [-0.3, -0.25) is 25.0 Å². The minimum Gasteiger partial charge on any atom is -0.494 e. The summed E-state index contributed by atoms with van der Waals surface area (Å²) in [4.78, 5) is 38.7. The van der Waals surface area contributed by atoms with E-state index in [9.17, 15) is 29.4 Å². The minimum absolute atomic E-state index is 0.0388. The van der Waals surface area contributed by atoms with E-state index in [1.807, 2.05) is 6.92 Å². The molecule has 13 heteroatoms. The predicted molar refractivity (Wildman–Crippen MR) is 131 cm³/mol. The molecule has 0 atom stereocenters. The molecule has 0 aliphatic carbocycles. The Bertz CT molecular complexity index is 1470. The molecule has 0 saturated heterocycles. The summed E-state index contributed by atoms with van der Waals surface area (Å²) in [6.07, 6.45) is 1.35. The summed E-state index contributed by atoms with van der Waals surface area (Å²) in [5.74, 6) is -0.758. The van der Waals surface area contributed by atoms with Crippen LogP contribution >= 0.6 is 11.3 Å². The lowest BCUT2D eigenvalue weighted by molar-refractivity contribution is -0.394. The second-order valence-electron chi connectivity index (χ2n) is 7.22. The number of anilines is 1. The van der Waals surface area contributed by atoms with E-state index in [2.05, 4.69) is 10.1 Å². The first-order valence-electron chi connectivity index (χ1n) is 10.4. The first kappa shape index (κ1) is 24.3. The van der Waals surface area contributed by atoms with E-state index in [1.54, 1.807) is 24.3 Å². The van der Waals surface area contributed by atoms with Gasteiger partial charge in [0.2, 0.25) is 5.13 Å². The topological polar surface area (TPSA) is 141 Å². The number of carbonyl (C=O) groups is 1. The highest BCUT2D eigenvalue weighted by Crippen LogP contribution is 2.32. The molecule has 0 aliphatic heterocycles. The Morgan fingerprint density at radius 1 is 1.08 bits per heavy atom. The van der Waals surface area contributed by atoms with Crippen LogP contribution in [-0.2, 0) is 0 Å². The van der Waals surface area contributed by atoms with Crippen LogP contribution in [0.2, 0.25) is 0 Å². The number of nitrogens with zero attached hydrogens (tertiary/aromatic N) is 5. The van der Waals surface area contributed by atoms with Crippen LogP contribution in [0.1, 0.15) is 22.8 Å². The molecule has 36 heavy (non-hydrogen) atoms. The molecule has 11 nitrogen and oxygen atoms in total. The van der Waals surface area contributed by atoms with Crippen LogP contribution in [-0.4, -0.2) is 33.6 Å². The summed E-state index contributed by atoms with van der Waals surface area (Å²) in [7, 11) is 0. The number of ether oxygens (including phenoxy) is 1. The van der Waals surface area contributed by atoms with Crippen LogP contribution in [0.5, 0.6) is 5.75 Å². The molecule has 0 saturated carbocycles. The van der Waals surface area contributed by atoms with Crippen LogP contribution < -0.4 is 9.75 Å². The first-order valence-corrected chi connectivity index (χ1v) is 11.2. The molecule has 4 aromatic rings. The minimum atomic E-state index is -0.900. The number of aromatic nitrogens is 1. The fourth-order valence-electron chi connectivity index (χ4n) is 3.16. The summed E-state index contributed by atoms with van der Waals surface area (Å²) in [6, 6.07) is 13.3. The van der Waals surface area contributed by atoms with E-state index in [4.69, 9.17) is 4.74 Å². The molecule has 1 amide bonds. The molecular weight excluding hydrogens is 493 g/mol. The second-order valence-corrected chi connectivity index (χ2v) is 8.23. The summed E-state index contributed by atoms with van der Waals surface area (Å²) < 4.78 is 19.5. The van der Waals surface area contributed by atoms with Gasteiger partial charge < -0.3 is 4.74 Å². The van der Waals surface area contributed by atoms with Crippen molar-refractivity contribution >= 4 is 50.2 Å². The molecule has 0 unspecified atom stereocenters. The van der Waals surface area contributed by atoms with Crippen LogP contribution in [0, 0.1) is 26.0 Å². The van der Waals surface area contributed by atoms with Gasteiger partial charge in [0, 0.05) is 12.1 Å². The number of amides is 1. The van der Waals surface area contributed by atoms with Crippen molar-refractivity contribution in [3.8, 4) is 5.75 Å². The number of nitro groups is 2. The van der Waals surface area contributed by atoms with Gasteiger partial charge in [0.15, 0.2) is 0 Å². The molecule has 0 bridgehead atoms. The second kappa shape index (κ2) is 10.2. The molecule has 182 valence electrons. The number of non-ortho nitro benzene ring substituents is 2. The van der Waals surface area contributed by atoms with Crippen molar-refractivity contribution in [2.24, 2.45) is 5.10 Å². The lowest BCUT2D eigenvalue weighted by atomic mass is 10.1. The quantitative estimate of drug-likeness (QED) is 0.177. The molecular formula is C23H16FN5O6S. The number of halogens is 1. The number of fused-ring (bicyclic) bond motifs is 1. The molecule has 0 N–H and O–H groups in total. The lowest BCUT2D eigenvalue weighted by Gasteiger charge is -2.14. The smallest absolute Gasteiger partial charge is 0.281 e. The first-order chi connectivity index (χ1) is 17.2. The number of rotatable bonds is 8. The van der Waals surface area contributed by atoms with E-state index in [-0.39, 0.29) is 10.7 Å². The normalized spacial score (nSPS) is 11.1. The van der Waals surface area contributed by atoms with Crippen molar-refractivity contribution in [3.05, 3.63) is 97.8 Å². The van der Waals surface area contributed by atoms with Crippen molar-refractivity contribution in [1.82, 2.24) is 4.98 Å². The zero-order valence-corrected chi connectivity index (χ0v) is 19.3. The number of hydrogen-bond donors (Lipinski definition) is 0. The van der Waals surface area contributed by atoms with Gasteiger partial charge in [-0.25, -0.2) is 9.37 Å². The van der Waals surface area contributed by atoms with Crippen molar-refractivity contribution in [2.45, 2.75) is 6.92 Å². The predicted octanol–water partition coefficient (Wildman–Crippen LogP) is 5.33. The van der Waals surface area contributed by atoms with E-state index in [0.29, 0.717) is 28.1 Å². The zero-order chi connectivity index (χ0) is 25.8. The monoisotopic (exact) mass is 509 g/mol. The van der Waals surface area contributed by atoms with Gasteiger partial charge >= 0.3 is 0 Å². The standard InChI is InChI=1S/C23H16FN5O6S/c1-2-35-19-6-3-14(4-7-19)13-25-27(23-26-20-8-5-16(24)11-21(20)36-23)22(30)15-9-17(28(31)32)12-18(10-15)29(33)34/h3-13H,2H2,1H3. The Labute approximate surface area is 206 Å². The summed E-state index contributed by atoms with van der Waals surface area (Å²) in [6.45, 7) is 2.34. The van der Waals surface area contributed by atoms with Gasteiger partial charge in [-0.15, -0.1) is 0 Å². The van der Waals surface area contributed by atoms with Gasteiger partial charge in [-0.1, -0.05) is 11.3 Å². The van der Waals surface area contributed by atoms with Crippen LogP contribution in [0.3, 0.4) is 0 Å². The molecule has 0 spiro atoms. The lowest BCUT2D eigenvalue weighted by Crippen LogP contribution is -2.25. The Hall–Kier alpha value is -4.78. The highest BCUT2D eigenvalue weighted by Gasteiger charge is 2.26. The third-order valence-corrected chi connectivity index (χ3v) is 5.79. The number of carbonyl (C=O) groups excluding carboxylic acids is 1. The van der Waals surface area contributed by atoms with Crippen LogP contribution in [0.25, 0.3) is 10.2 Å². The van der Waals surface area contributed by atoms with Crippen LogP contribution in [0.15, 0.2) is 65.8 Å². The number of nitro benzene ring substituents is 2. The summed E-state index contributed by atoms with van der Waals surface area (Å²) >= 11 is 0.960. The molecule has 0 fully saturated rings. The highest BCUT2D eigenvalue weighted by atomic mass is 32.1. The van der Waals surface area contributed by atoms with Gasteiger partial charge in [0.05, 0.1) is 44.5 Å². The molecule has 1 heterocycles. The largest absolute Gasteiger partial charge is 0.494 e. The Morgan fingerprint density at radius 3 is 2.36 bits per heavy atom. The number of hydrazone groups is 1. The fourth-order valence-corrected chi connectivity index (χ4v) is 4.11. The number of hydrogen-bond acceptors (Lipinski definition) is 9. The van der Waals surface area contributed by atoms with E-state index >= 15 is 0 Å². The zero-order valence-electron chi connectivity index (χ0n) is 18.5. The number of thiazole rings is 1. The van der Waals surface area contributed by atoms with Gasteiger partial charge in [-0.2, -0.15) is 10.1 Å². The van der Waals surface area contributed by atoms with Crippen molar-refractivity contribution in [3.63, 3.8) is 0 Å². The van der Waals surface area contributed by atoms with E-state index in [1.165, 1.54) is 24.4 Å². The van der Waals surface area contributed by atoms with Gasteiger partial charge in [0.25, 0.3) is 17.3 Å². The fraction of sp³-hybridized carbons (Fsp3) is 0.0870. The van der Waals surface area contributed by atoms with E-state index < -0.39 is 32.9 Å². The SMILES string of the molecule is CCOc1ccc(C=NN(C(=O)c2cc([N+](=O)[O-])cc([N+](=O)[O-])c2)c2nc3ccc(F)cc3s2)cc1. The van der Waals surface area contributed by atoms with Crippen molar-refractivity contribution < 1.29 is 23.8 Å². The molecule has 3 aromatic carbocycles. The Morgan fingerprint density at radius 2 is 1.75 bits per heavy atom. The van der Waals surface area contributed by atoms with Crippen molar-refractivity contribution in [1.29, 1.82) is 0 Å². The third-order valence-electron chi connectivity index (χ3n) is 4.80. The molecule has 4 rings (SSSR count). The van der Waals surface area contributed by atoms with E-state index in [0.717, 1.165) is 34.5 Å². The molecule has 1 aromatic heterocycles. The highest BCUT2D eigenvalue weighted by molar-refractivity contribution is 7.22. The maximum Gasteiger partial charge on any atom is 0.281 e. The van der Waals surface area contributed by atoms with Crippen molar-refractivity contribution in [2.75, 3.05) is 11.6 Å². The molecule has 0 radical (unpaired) electrons. The maximum absolute atomic E-state index is 13.7. The van der Waals surface area contributed by atoms with Gasteiger partial charge in [-0.05, 0) is 55.0 Å². The third kappa shape index (κ3) is 5.31. The Kier molecular flexibility index (Phi) is 6.92. The summed E-state index contributed by atoms with van der Waals surface area (Å²) in [5.41, 5.74) is -0.613. The summed E-state index contributed by atoms with van der Waals surface area (Å²) in [5, 5.41) is 27.7. The van der Waals surface area contributed by atoms with Crippen LogP contribution in [0.4, 0.5) is 20.9 Å². The number of benzene rings is 3. The van der Waals surface area contributed by atoms with Gasteiger partial charge in [0.1, 0.15) is 11.6 Å². The average molecular weight is 509 g/mol. The molecule has 0 aliphatic rings. The Balaban J connectivity index is 1.79. The average Bonchev–Trinajstić information content (AvgIpc) is 3.27.